The van der Waals surface area contributed by atoms with E-state index in [1.807, 2.05) is 0 Å². The molecule has 4 rings (SSSR count). The van der Waals surface area contributed by atoms with Crippen molar-refractivity contribution in [1.82, 2.24) is 10.2 Å². The van der Waals surface area contributed by atoms with Gasteiger partial charge in [-0.2, -0.15) is 0 Å². The highest BCUT2D eigenvalue weighted by Gasteiger charge is 2.56. The van der Waals surface area contributed by atoms with Crippen LogP contribution >= 0.6 is 0 Å². The van der Waals surface area contributed by atoms with Crippen molar-refractivity contribution in [2.75, 3.05) is 13.2 Å². The second-order valence-electron chi connectivity index (χ2n) is 9.68. The van der Waals surface area contributed by atoms with Crippen molar-refractivity contribution < 1.29 is 32.6 Å². The van der Waals surface area contributed by atoms with Gasteiger partial charge in [0, 0.05) is 17.7 Å². The lowest BCUT2D eigenvalue weighted by molar-refractivity contribution is -0.153. The molecule has 0 bridgehead atoms. The molecule has 2 amide bonds. The molecular formula is C25H27F3N2O4. The summed E-state index contributed by atoms with van der Waals surface area (Å²) in [6, 6.07) is 6.23. The van der Waals surface area contributed by atoms with Gasteiger partial charge >= 0.3 is 0 Å². The third kappa shape index (κ3) is 4.42. The number of carbonyl (C=O) groups is 2. The molecule has 2 N–H and O–H groups in total. The average Bonchev–Trinajstić information content (AvgIpc) is 2.97. The molecule has 2 saturated heterocycles. The Labute approximate surface area is 195 Å². The van der Waals surface area contributed by atoms with E-state index in [4.69, 9.17) is 4.74 Å². The Morgan fingerprint density at radius 3 is 2.53 bits per heavy atom. The van der Waals surface area contributed by atoms with Crippen LogP contribution in [0.25, 0.3) is 11.1 Å². The van der Waals surface area contributed by atoms with Crippen LogP contribution in [0.1, 0.15) is 32.8 Å². The zero-order chi connectivity index (χ0) is 24.8. The molecule has 6 nitrogen and oxygen atoms in total. The maximum absolute atomic E-state index is 15.7. The Balaban J connectivity index is 1.77. The second kappa shape index (κ2) is 8.70. The molecule has 2 aromatic carbocycles. The first-order valence-corrected chi connectivity index (χ1v) is 11.1. The number of hydrogen-bond donors (Lipinski definition) is 2. The molecule has 9 heteroatoms. The molecule has 0 unspecified atom stereocenters. The minimum atomic E-state index is -1.68. The monoisotopic (exact) mass is 476 g/mol. The van der Waals surface area contributed by atoms with E-state index < -0.39 is 40.5 Å². The molecule has 2 heterocycles. The van der Waals surface area contributed by atoms with E-state index in [1.165, 1.54) is 30.9 Å². The predicted molar refractivity (Wildman–Crippen MR) is 118 cm³/mol. The van der Waals surface area contributed by atoms with Gasteiger partial charge in [-0.3, -0.25) is 9.59 Å². The number of aliphatic hydroxyl groups is 1. The fourth-order valence-corrected chi connectivity index (χ4v) is 5.13. The van der Waals surface area contributed by atoms with E-state index in [0.29, 0.717) is 12.5 Å². The van der Waals surface area contributed by atoms with Crippen LogP contribution in [0.15, 0.2) is 36.4 Å². The molecule has 0 radical (unpaired) electrons. The number of benzene rings is 2. The van der Waals surface area contributed by atoms with Gasteiger partial charge < -0.3 is 20.1 Å². The maximum Gasteiger partial charge on any atom is 0.254 e. The van der Waals surface area contributed by atoms with Gasteiger partial charge in [-0.05, 0) is 56.9 Å². The minimum Gasteiger partial charge on any atom is -0.381 e. The molecule has 2 aromatic rings. The average molecular weight is 476 g/mol. The first kappa shape index (κ1) is 24.2. The van der Waals surface area contributed by atoms with Crippen LogP contribution in [-0.4, -0.2) is 58.3 Å². The summed E-state index contributed by atoms with van der Waals surface area (Å²) in [6.45, 7) is 4.56. The zero-order valence-electron chi connectivity index (χ0n) is 19.2. The van der Waals surface area contributed by atoms with E-state index >= 15 is 4.39 Å². The number of nitrogens with zero attached hydrogens (tertiary/aromatic N) is 1. The quantitative estimate of drug-likeness (QED) is 0.712. The van der Waals surface area contributed by atoms with Gasteiger partial charge in [-0.25, -0.2) is 13.2 Å². The standard InChI is InChI=1S/C25H27F3N2O4/c1-14-11-25(13-34-12-21(31)29-25)20(30(14)23(32)24(2,3)33)9-15-5-4-6-19(22(15)28)16-7-17(26)10-18(27)8-16/h4-8,10,14,20,33H,9,11-13H2,1-3H3,(H,29,31)/t14-,20+,25-/m1/s1. The fourth-order valence-electron chi connectivity index (χ4n) is 5.13. The topological polar surface area (TPSA) is 78.9 Å². The van der Waals surface area contributed by atoms with Crippen LogP contribution in [0.2, 0.25) is 0 Å². The van der Waals surface area contributed by atoms with Crippen molar-refractivity contribution in [1.29, 1.82) is 0 Å². The molecule has 1 spiro atoms. The molecular weight excluding hydrogens is 449 g/mol. The van der Waals surface area contributed by atoms with Gasteiger partial charge in [-0.15, -0.1) is 0 Å². The van der Waals surface area contributed by atoms with Gasteiger partial charge in [0.1, 0.15) is 29.7 Å². The highest BCUT2D eigenvalue weighted by atomic mass is 19.1. The van der Waals surface area contributed by atoms with Crippen LogP contribution in [0.5, 0.6) is 0 Å². The Morgan fingerprint density at radius 1 is 1.24 bits per heavy atom. The third-order valence-electron chi connectivity index (χ3n) is 6.51. The maximum atomic E-state index is 15.7. The number of ether oxygens (including phenoxy) is 1. The highest BCUT2D eigenvalue weighted by molar-refractivity contribution is 5.86. The SMILES string of the molecule is C[C@@H]1C[C@@]2(COCC(=O)N2)[C@H](Cc2cccc(-c3cc(F)cc(F)c3)c2F)N1C(=O)C(C)(C)O. The summed E-state index contributed by atoms with van der Waals surface area (Å²) in [7, 11) is 0. The van der Waals surface area contributed by atoms with Crippen molar-refractivity contribution in [2.24, 2.45) is 0 Å². The lowest BCUT2D eigenvalue weighted by Gasteiger charge is -2.42. The first-order valence-electron chi connectivity index (χ1n) is 11.1. The molecule has 0 saturated carbocycles. The summed E-state index contributed by atoms with van der Waals surface area (Å²) >= 11 is 0. The number of nitrogens with one attached hydrogen (secondary N) is 1. The zero-order valence-corrected chi connectivity index (χ0v) is 19.2. The molecule has 2 aliphatic rings. The van der Waals surface area contributed by atoms with Crippen molar-refractivity contribution in [2.45, 2.75) is 56.8 Å². The van der Waals surface area contributed by atoms with E-state index in [0.717, 1.165) is 12.1 Å². The van der Waals surface area contributed by atoms with E-state index in [9.17, 15) is 23.5 Å². The largest absolute Gasteiger partial charge is 0.381 e. The Kier molecular flexibility index (Phi) is 6.20. The fraction of sp³-hybridized carbons (Fsp3) is 0.440. The van der Waals surface area contributed by atoms with Crippen LogP contribution < -0.4 is 5.32 Å². The summed E-state index contributed by atoms with van der Waals surface area (Å²) in [5, 5.41) is 13.4. The van der Waals surface area contributed by atoms with Gasteiger partial charge in [0.05, 0.1) is 18.2 Å². The van der Waals surface area contributed by atoms with Crippen molar-refractivity contribution in [3.63, 3.8) is 0 Å². The number of amides is 2. The van der Waals surface area contributed by atoms with Gasteiger partial charge in [0.2, 0.25) is 5.91 Å². The minimum absolute atomic E-state index is 0.00668. The molecule has 34 heavy (non-hydrogen) atoms. The summed E-state index contributed by atoms with van der Waals surface area (Å²) in [4.78, 5) is 26.9. The van der Waals surface area contributed by atoms with Crippen molar-refractivity contribution >= 4 is 11.8 Å². The van der Waals surface area contributed by atoms with E-state index in [1.54, 1.807) is 13.0 Å². The van der Waals surface area contributed by atoms with Crippen molar-refractivity contribution in [3.8, 4) is 11.1 Å². The predicted octanol–water partition coefficient (Wildman–Crippen LogP) is 2.96. The normalized spacial score (nSPS) is 25.0. The number of morpholine rings is 1. The summed E-state index contributed by atoms with van der Waals surface area (Å²) in [5.74, 6) is -3.23. The van der Waals surface area contributed by atoms with E-state index in [2.05, 4.69) is 5.32 Å². The molecule has 182 valence electrons. The number of carbonyl (C=O) groups excluding carboxylic acids is 2. The molecule has 3 atom stereocenters. The van der Waals surface area contributed by atoms with Gasteiger partial charge in [-0.1, -0.05) is 18.2 Å². The van der Waals surface area contributed by atoms with Crippen LogP contribution in [0, 0.1) is 17.5 Å². The van der Waals surface area contributed by atoms with Gasteiger partial charge in [0.15, 0.2) is 0 Å². The number of hydrogen-bond acceptors (Lipinski definition) is 4. The second-order valence-corrected chi connectivity index (χ2v) is 9.68. The molecule has 0 aromatic heterocycles. The Bertz CT molecular complexity index is 1110. The summed E-state index contributed by atoms with van der Waals surface area (Å²) < 4.78 is 48.7. The number of halogens is 3. The van der Waals surface area contributed by atoms with Crippen LogP contribution in [0.3, 0.4) is 0 Å². The number of rotatable bonds is 4. The van der Waals surface area contributed by atoms with Crippen LogP contribution in [0.4, 0.5) is 13.2 Å². The molecule has 2 fully saturated rings. The Hall–Kier alpha value is -2.91. The first-order chi connectivity index (χ1) is 15.9. The molecule has 2 aliphatic heterocycles. The highest BCUT2D eigenvalue weighted by Crippen LogP contribution is 2.39. The lowest BCUT2D eigenvalue weighted by Crippen LogP contribution is -2.65. The smallest absolute Gasteiger partial charge is 0.254 e. The van der Waals surface area contributed by atoms with Gasteiger partial charge in [0.25, 0.3) is 5.91 Å². The summed E-state index contributed by atoms with van der Waals surface area (Å²) in [6.07, 6.45) is 0.356. The summed E-state index contributed by atoms with van der Waals surface area (Å²) in [5.41, 5.74) is -2.39. The number of likely N-dealkylation sites (tertiary alicyclic amines) is 1. The van der Waals surface area contributed by atoms with Crippen molar-refractivity contribution in [3.05, 3.63) is 59.4 Å². The van der Waals surface area contributed by atoms with Crippen LogP contribution in [-0.2, 0) is 20.7 Å². The lowest BCUT2D eigenvalue weighted by atomic mass is 9.84. The Morgan fingerprint density at radius 2 is 1.91 bits per heavy atom. The van der Waals surface area contributed by atoms with E-state index in [-0.39, 0.29) is 48.3 Å². The molecule has 0 aliphatic carbocycles. The third-order valence-corrected chi connectivity index (χ3v) is 6.51.